The summed E-state index contributed by atoms with van der Waals surface area (Å²) in [4.78, 5) is 0. The predicted octanol–water partition coefficient (Wildman–Crippen LogP) is 1.94. The second-order valence-corrected chi connectivity index (χ2v) is 9.81. The molecule has 0 saturated carbocycles. The lowest BCUT2D eigenvalue weighted by molar-refractivity contribution is -0.00000453. The van der Waals surface area contributed by atoms with Crippen LogP contribution in [0.25, 0.3) is 0 Å². The molecule has 3 aromatic rings. The molecule has 0 unspecified atom stereocenters. The van der Waals surface area contributed by atoms with E-state index in [1.54, 1.807) is 0 Å². The molecule has 0 aliphatic rings. The number of allylic oxidation sites excluding steroid dienone is 2. The first kappa shape index (κ1) is 20.1. The Morgan fingerprint density at radius 1 is 0.600 bits per heavy atom. The molecule has 0 aliphatic carbocycles. The fourth-order valence-electron chi connectivity index (χ4n) is 3.11. The summed E-state index contributed by atoms with van der Waals surface area (Å²) in [6, 6.07) is 33.0. The van der Waals surface area contributed by atoms with Crippen LogP contribution in [0.1, 0.15) is 0 Å². The molecule has 25 heavy (non-hydrogen) atoms. The second-order valence-electron chi connectivity index (χ2n) is 5.62. The van der Waals surface area contributed by atoms with E-state index in [0.717, 1.165) is 11.5 Å². The topological polar surface area (TPSA) is 0 Å². The SMILES string of the molecule is BrC/C=C/C[P+](c1ccccc1)(c1ccccc1)c1ccccc1.[Br-]. The summed E-state index contributed by atoms with van der Waals surface area (Å²) >= 11 is 3.51. The lowest BCUT2D eigenvalue weighted by atomic mass is 10.4. The largest absolute Gasteiger partial charge is 1.00 e. The number of rotatable bonds is 6. The van der Waals surface area contributed by atoms with Gasteiger partial charge in [-0.2, -0.15) is 0 Å². The Morgan fingerprint density at radius 2 is 0.960 bits per heavy atom. The van der Waals surface area contributed by atoms with Crippen molar-refractivity contribution in [3.05, 3.63) is 103 Å². The Morgan fingerprint density at radius 3 is 1.28 bits per heavy atom. The molecule has 3 heteroatoms. The molecule has 3 aromatic carbocycles. The van der Waals surface area contributed by atoms with Gasteiger partial charge in [0, 0.05) is 5.33 Å². The van der Waals surface area contributed by atoms with E-state index in [1.807, 2.05) is 0 Å². The van der Waals surface area contributed by atoms with Crippen molar-refractivity contribution >= 4 is 39.1 Å². The lowest BCUT2D eigenvalue weighted by Gasteiger charge is -2.26. The molecule has 0 nitrogen and oxygen atoms in total. The molecule has 0 atom stereocenters. The Hall–Kier alpha value is -1.21. The molecule has 0 N–H and O–H groups in total. The maximum atomic E-state index is 3.51. The molecule has 0 aromatic heterocycles. The van der Waals surface area contributed by atoms with E-state index in [-0.39, 0.29) is 17.0 Å². The molecular weight excluding hydrogens is 455 g/mol. The van der Waals surface area contributed by atoms with E-state index >= 15 is 0 Å². The van der Waals surface area contributed by atoms with E-state index in [9.17, 15) is 0 Å². The zero-order valence-electron chi connectivity index (χ0n) is 13.9. The van der Waals surface area contributed by atoms with E-state index in [2.05, 4.69) is 119 Å². The first-order valence-corrected chi connectivity index (χ1v) is 11.2. The standard InChI is InChI=1S/C22H21BrP.BrH/c23-18-10-11-19-24(20-12-4-1-5-13-20,21-14-6-2-7-15-21)22-16-8-3-9-17-22;/h1-17H,18-19H2;1H/q+1;/p-1/b11-10+;. The third-order valence-electron chi connectivity index (χ3n) is 4.23. The molecule has 0 fully saturated rings. The van der Waals surface area contributed by atoms with Crippen molar-refractivity contribution in [3.8, 4) is 0 Å². The molecular formula is C22H21Br2P. The van der Waals surface area contributed by atoms with Crippen LogP contribution in [-0.4, -0.2) is 11.5 Å². The van der Waals surface area contributed by atoms with Gasteiger partial charge in [-0.15, -0.1) is 0 Å². The number of halogens is 2. The van der Waals surface area contributed by atoms with Gasteiger partial charge < -0.3 is 17.0 Å². The van der Waals surface area contributed by atoms with Gasteiger partial charge in [0.15, 0.2) is 0 Å². The van der Waals surface area contributed by atoms with Gasteiger partial charge in [-0.25, -0.2) is 0 Å². The van der Waals surface area contributed by atoms with Crippen LogP contribution in [0.3, 0.4) is 0 Å². The Balaban J connectivity index is 0.00000225. The summed E-state index contributed by atoms with van der Waals surface area (Å²) in [5.41, 5.74) is 0. The summed E-state index contributed by atoms with van der Waals surface area (Å²) in [5, 5.41) is 5.19. The monoisotopic (exact) mass is 474 g/mol. The van der Waals surface area contributed by atoms with Crippen molar-refractivity contribution in [2.24, 2.45) is 0 Å². The summed E-state index contributed by atoms with van der Waals surface area (Å²) in [7, 11) is -1.69. The fraction of sp³-hybridized carbons (Fsp3) is 0.0909. The number of hydrogen-bond donors (Lipinski definition) is 0. The lowest BCUT2D eigenvalue weighted by Crippen LogP contribution is -3.00. The number of alkyl halides is 1. The highest BCUT2D eigenvalue weighted by Gasteiger charge is 2.43. The van der Waals surface area contributed by atoms with Gasteiger partial charge in [-0.1, -0.05) is 76.6 Å². The molecule has 0 amide bonds. The average Bonchev–Trinajstić information content (AvgIpc) is 2.68. The van der Waals surface area contributed by atoms with Gasteiger partial charge in [0.2, 0.25) is 0 Å². The third kappa shape index (κ3) is 4.50. The molecule has 0 bridgehead atoms. The maximum Gasteiger partial charge on any atom is 0.115 e. The van der Waals surface area contributed by atoms with Gasteiger partial charge in [-0.3, -0.25) is 0 Å². The van der Waals surface area contributed by atoms with Gasteiger partial charge >= 0.3 is 0 Å². The normalized spacial score (nSPS) is 11.2. The van der Waals surface area contributed by atoms with Crippen molar-refractivity contribution in [3.63, 3.8) is 0 Å². The zero-order valence-corrected chi connectivity index (χ0v) is 18.0. The van der Waals surface area contributed by atoms with Crippen LogP contribution in [0.5, 0.6) is 0 Å². The predicted molar refractivity (Wildman–Crippen MR) is 113 cm³/mol. The Kier molecular flexibility index (Phi) is 8.09. The molecule has 0 saturated heterocycles. The first-order valence-electron chi connectivity index (χ1n) is 8.14. The van der Waals surface area contributed by atoms with E-state index < -0.39 is 7.26 Å². The highest BCUT2D eigenvalue weighted by molar-refractivity contribution is 9.09. The van der Waals surface area contributed by atoms with Crippen molar-refractivity contribution in [2.75, 3.05) is 11.5 Å². The minimum atomic E-state index is -1.69. The molecule has 0 heterocycles. The zero-order chi connectivity index (χ0) is 16.7. The van der Waals surface area contributed by atoms with Gasteiger partial charge in [0.1, 0.15) is 23.2 Å². The summed E-state index contributed by atoms with van der Waals surface area (Å²) < 4.78 is 0. The second kappa shape index (κ2) is 10.1. The van der Waals surface area contributed by atoms with Crippen molar-refractivity contribution in [1.29, 1.82) is 0 Å². The number of hydrogen-bond acceptors (Lipinski definition) is 0. The van der Waals surface area contributed by atoms with Crippen LogP contribution < -0.4 is 32.9 Å². The Labute approximate surface area is 170 Å². The highest BCUT2D eigenvalue weighted by atomic mass is 79.9. The highest BCUT2D eigenvalue weighted by Crippen LogP contribution is 2.55. The van der Waals surface area contributed by atoms with E-state index in [4.69, 9.17) is 0 Å². The maximum absolute atomic E-state index is 3.51. The van der Waals surface area contributed by atoms with Gasteiger partial charge in [-0.05, 0) is 42.5 Å². The first-order chi connectivity index (χ1) is 11.9. The van der Waals surface area contributed by atoms with Crippen molar-refractivity contribution in [2.45, 2.75) is 0 Å². The van der Waals surface area contributed by atoms with Gasteiger partial charge in [0.05, 0.1) is 6.16 Å². The molecule has 0 spiro atoms. The fourth-order valence-corrected chi connectivity index (χ4v) is 7.41. The smallest absolute Gasteiger partial charge is 0.115 e. The van der Waals surface area contributed by atoms with Crippen LogP contribution in [-0.2, 0) is 0 Å². The molecule has 0 aliphatic heterocycles. The average molecular weight is 476 g/mol. The van der Waals surface area contributed by atoms with Crippen LogP contribution in [0, 0.1) is 0 Å². The third-order valence-corrected chi connectivity index (χ3v) is 8.90. The van der Waals surface area contributed by atoms with Crippen LogP contribution in [0.4, 0.5) is 0 Å². The van der Waals surface area contributed by atoms with E-state index in [1.165, 1.54) is 15.9 Å². The van der Waals surface area contributed by atoms with E-state index in [0.29, 0.717) is 0 Å². The minimum absolute atomic E-state index is 0. The summed E-state index contributed by atoms with van der Waals surface area (Å²) in [5.74, 6) is 0. The summed E-state index contributed by atoms with van der Waals surface area (Å²) in [6.07, 6.45) is 5.58. The summed E-state index contributed by atoms with van der Waals surface area (Å²) in [6.45, 7) is 0. The van der Waals surface area contributed by atoms with Crippen molar-refractivity contribution < 1.29 is 17.0 Å². The quantitative estimate of drug-likeness (QED) is 0.290. The molecule has 3 rings (SSSR count). The molecule has 128 valence electrons. The van der Waals surface area contributed by atoms with Gasteiger partial charge in [0.25, 0.3) is 0 Å². The molecule has 0 radical (unpaired) electrons. The van der Waals surface area contributed by atoms with Crippen molar-refractivity contribution in [1.82, 2.24) is 0 Å². The van der Waals surface area contributed by atoms with Crippen LogP contribution in [0.15, 0.2) is 103 Å². The van der Waals surface area contributed by atoms with Crippen LogP contribution >= 0.6 is 23.2 Å². The minimum Gasteiger partial charge on any atom is -1.00 e. The Bertz CT molecular complexity index is 674. The van der Waals surface area contributed by atoms with Crippen LogP contribution in [0.2, 0.25) is 0 Å². The number of benzene rings is 3.